The van der Waals surface area contributed by atoms with Crippen molar-refractivity contribution in [3.05, 3.63) is 79.0 Å². The molecule has 0 amide bonds. The molecule has 0 aliphatic rings. The molecule has 0 N–H and O–H groups in total. The molecule has 30 heavy (non-hydrogen) atoms. The molecule has 2 heterocycles. The summed E-state index contributed by atoms with van der Waals surface area (Å²) >= 11 is 0. The van der Waals surface area contributed by atoms with Gasteiger partial charge in [-0.2, -0.15) is 0 Å². The number of ether oxygens (including phenoxy) is 2. The smallest absolute Gasteiger partial charge is 0.168 e. The molecule has 2 aromatic heterocycles. The molecule has 0 aliphatic heterocycles. The summed E-state index contributed by atoms with van der Waals surface area (Å²) < 4.78 is 27.3. The molecule has 3 aromatic carbocycles. The number of rotatable bonds is 4. The van der Waals surface area contributed by atoms with Crippen LogP contribution in [0.15, 0.2) is 73.2 Å². The molecule has 0 atom stereocenters. The number of fused-ring (bicyclic) bond motifs is 3. The lowest BCUT2D eigenvalue weighted by Gasteiger charge is -2.13. The number of para-hydroxylation sites is 2. The summed E-state index contributed by atoms with van der Waals surface area (Å²) in [6.45, 7) is 0. The maximum atomic E-state index is 14.5. The van der Waals surface area contributed by atoms with Crippen LogP contribution in [0.1, 0.15) is 0 Å². The van der Waals surface area contributed by atoms with Crippen LogP contribution in [0, 0.1) is 5.82 Å². The van der Waals surface area contributed by atoms with Gasteiger partial charge in [0.15, 0.2) is 11.5 Å². The Kier molecular flexibility index (Phi) is 4.32. The highest BCUT2D eigenvalue weighted by molar-refractivity contribution is 6.04. The summed E-state index contributed by atoms with van der Waals surface area (Å²) in [6, 6.07) is 18.4. The van der Waals surface area contributed by atoms with Crippen molar-refractivity contribution in [2.75, 3.05) is 14.2 Å². The van der Waals surface area contributed by atoms with E-state index in [-0.39, 0.29) is 5.82 Å². The first-order valence-corrected chi connectivity index (χ1v) is 9.43. The normalized spacial score (nSPS) is 11.2. The highest BCUT2D eigenvalue weighted by atomic mass is 19.1. The molecule has 0 aliphatic carbocycles. The minimum absolute atomic E-state index is 0.313. The Bertz CT molecular complexity index is 1390. The quantitative estimate of drug-likeness (QED) is 0.406. The minimum atomic E-state index is -0.313. The van der Waals surface area contributed by atoms with Gasteiger partial charge in [0, 0.05) is 10.9 Å². The Morgan fingerprint density at radius 1 is 0.867 bits per heavy atom. The average Bonchev–Trinajstić information content (AvgIpc) is 3.23. The summed E-state index contributed by atoms with van der Waals surface area (Å²) in [6.07, 6.45) is 3.34. The zero-order chi connectivity index (χ0) is 20.7. The second-order valence-corrected chi connectivity index (χ2v) is 6.83. The Hall–Kier alpha value is -3.93. The molecule has 148 valence electrons. The molecule has 0 fully saturated rings. The van der Waals surface area contributed by atoms with Crippen molar-refractivity contribution in [3.63, 3.8) is 0 Å². The van der Waals surface area contributed by atoms with Crippen molar-refractivity contribution in [1.29, 1.82) is 0 Å². The van der Waals surface area contributed by atoms with E-state index in [0.29, 0.717) is 22.7 Å². The van der Waals surface area contributed by atoms with Gasteiger partial charge in [0.25, 0.3) is 0 Å². The van der Waals surface area contributed by atoms with Crippen LogP contribution in [0.4, 0.5) is 4.39 Å². The van der Waals surface area contributed by atoms with Crippen molar-refractivity contribution in [2.45, 2.75) is 0 Å². The van der Waals surface area contributed by atoms with Gasteiger partial charge in [-0.15, -0.1) is 0 Å². The predicted molar refractivity (Wildman–Crippen MR) is 115 cm³/mol. The van der Waals surface area contributed by atoms with Crippen LogP contribution < -0.4 is 9.47 Å². The molecule has 5 aromatic rings. The first-order valence-electron chi connectivity index (χ1n) is 9.43. The molecule has 0 saturated heterocycles. The number of benzene rings is 3. The molecular formula is C24H18FN3O2. The third-order valence-electron chi connectivity index (χ3n) is 5.20. The number of imidazole rings is 1. The highest BCUT2D eigenvalue weighted by Crippen LogP contribution is 2.39. The fraction of sp³-hybridized carbons (Fsp3) is 0.0833. The molecular weight excluding hydrogens is 381 g/mol. The van der Waals surface area contributed by atoms with Crippen molar-refractivity contribution >= 4 is 21.9 Å². The van der Waals surface area contributed by atoms with E-state index in [9.17, 15) is 4.39 Å². The summed E-state index contributed by atoms with van der Waals surface area (Å²) in [5, 5.41) is 0.871. The lowest BCUT2D eigenvalue weighted by molar-refractivity contribution is 0.356. The first kappa shape index (κ1) is 18.1. The van der Waals surface area contributed by atoms with Crippen LogP contribution in [-0.4, -0.2) is 28.8 Å². The van der Waals surface area contributed by atoms with Crippen LogP contribution >= 0.6 is 0 Å². The molecule has 0 unspecified atom stereocenters. The molecule has 6 heteroatoms. The standard InChI is InChI=1S/C24H18FN3O2/c1-29-22-9-5-6-16(24(22)30-2)15-10-11-19-17(12-15)23-20(13-26-19)27-14-28(23)21-8-4-3-7-18(21)25/h3-14H,1-2H3. The predicted octanol–water partition coefficient (Wildman–Crippen LogP) is 5.40. The summed E-state index contributed by atoms with van der Waals surface area (Å²) in [7, 11) is 3.23. The van der Waals surface area contributed by atoms with Gasteiger partial charge in [0.1, 0.15) is 17.7 Å². The van der Waals surface area contributed by atoms with Crippen LogP contribution in [0.2, 0.25) is 0 Å². The van der Waals surface area contributed by atoms with Gasteiger partial charge < -0.3 is 9.47 Å². The number of hydrogen-bond acceptors (Lipinski definition) is 4. The first-order chi connectivity index (χ1) is 14.7. The maximum absolute atomic E-state index is 14.5. The van der Waals surface area contributed by atoms with E-state index in [0.717, 1.165) is 27.5 Å². The van der Waals surface area contributed by atoms with Crippen LogP contribution in [0.5, 0.6) is 11.5 Å². The number of pyridine rings is 1. The van der Waals surface area contributed by atoms with Crippen molar-refractivity contribution in [3.8, 4) is 28.3 Å². The topological polar surface area (TPSA) is 49.2 Å². The van der Waals surface area contributed by atoms with Gasteiger partial charge in [0.05, 0.1) is 37.1 Å². The highest BCUT2D eigenvalue weighted by Gasteiger charge is 2.16. The maximum Gasteiger partial charge on any atom is 0.168 e. The number of aromatic nitrogens is 3. The van der Waals surface area contributed by atoms with E-state index in [1.165, 1.54) is 6.07 Å². The molecule has 0 bridgehead atoms. The largest absolute Gasteiger partial charge is 0.493 e. The Morgan fingerprint density at radius 2 is 1.73 bits per heavy atom. The lowest BCUT2D eigenvalue weighted by atomic mass is 10.0. The van der Waals surface area contributed by atoms with Gasteiger partial charge in [-0.1, -0.05) is 30.3 Å². The van der Waals surface area contributed by atoms with Gasteiger partial charge >= 0.3 is 0 Å². The SMILES string of the molecule is COc1cccc(-c2ccc3ncc4ncn(-c5ccccc5F)c4c3c2)c1OC. The van der Waals surface area contributed by atoms with Crippen LogP contribution in [0.3, 0.4) is 0 Å². The Labute approximate surface area is 172 Å². The number of methoxy groups -OCH3 is 2. The molecule has 5 rings (SSSR count). The third-order valence-corrected chi connectivity index (χ3v) is 5.20. The van der Waals surface area contributed by atoms with Crippen molar-refractivity contribution in [2.24, 2.45) is 0 Å². The van der Waals surface area contributed by atoms with Crippen molar-refractivity contribution in [1.82, 2.24) is 14.5 Å². The van der Waals surface area contributed by atoms with E-state index < -0.39 is 0 Å². The van der Waals surface area contributed by atoms with E-state index in [2.05, 4.69) is 9.97 Å². The summed E-state index contributed by atoms with van der Waals surface area (Å²) in [4.78, 5) is 8.96. The number of nitrogens with zero attached hydrogens (tertiary/aromatic N) is 3. The zero-order valence-electron chi connectivity index (χ0n) is 16.5. The van der Waals surface area contributed by atoms with Crippen molar-refractivity contribution < 1.29 is 13.9 Å². The second kappa shape index (κ2) is 7.15. The van der Waals surface area contributed by atoms with E-state index in [1.807, 2.05) is 36.4 Å². The Morgan fingerprint density at radius 3 is 2.53 bits per heavy atom. The van der Waals surface area contributed by atoms with E-state index in [1.54, 1.807) is 49.5 Å². The van der Waals surface area contributed by atoms with Gasteiger partial charge in [-0.3, -0.25) is 9.55 Å². The average molecular weight is 399 g/mol. The van der Waals surface area contributed by atoms with Crippen LogP contribution in [-0.2, 0) is 0 Å². The fourth-order valence-corrected chi connectivity index (χ4v) is 3.81. The second-order valence-electron chi connectivity index (χ2n) is 6.83. The minimum Gasteiger partial charge on any atom is -0.493 e. The number of hydrogen-bond donors (Lipinski definition) is 0. The van der Waals surface area contributed by atoms with Gasteiger partial charge in [0.2, 0.25) is 0 Å². The lowest BCUT2D eigenvalue weighted by Crippen LogP contribution is -1.97. The fourth-order valence-electron chi connectivity index (χ4n) is 3.81. The molecule has 0 spiro atoms. The Balaban J connectivity index is 1.80. The molecule has 0 saturated carbocycles. The molecule has 5 nitrogen and oxygen atoms in total. The third kappa shape index (κ3) is 2.76. The monoisotopic (exact) mass is 399 g/mol. The zero-order valence-corrected chi connectivity index (χ0v) is 16.5. The summed E-state index contributed by atoms with van der Waals surface area (Å²) in [5.74, 6) is 0.998. The van der Waals surface area contributed by atoms with Crippen LogP contribution in [0.25, 0.3) is 38.8 Å². The summed E-state index contributed by atoms with van der Waals surface area (Å²) in [5.41, 5.74) is 4.57. The van der Waals surface area contributed by atoms with E-state index >= 15 is 0 Å². The van der Waals surface area contributed by atoms with Gasteiger partial charge in [-0.05, 0) is 35.9 Å². The van der Waals surface area contributed by atoms with E-state index in [4.69, 9.17) is 9.47 Å². The number of halogens is 1. The molecule has 0 radical (unpaired) electrons. The van der Waals surface area contributed by atoms with Gasteiger partial charge in [-0.25, -0.2) is 9.37 Å².